The second-order valence-electron chi connectivity index (χ2n) is 6.52. The summed E-state index contributed by atoms with van der Waals surface area (Å²) >= 11 is 13.4. The number of nitrogens with one attached hydrogen (secondary N) is 1. The van der Waals surface area contributed by atoms with Crippen molar-refractivity contribution in [3.8, 4) is 11.4 Å². The van der Waals surface area contributed by atoms with Crippen molar-refractivity contribution in [1.82, 2.24) is 20.2 Å². The molecule has 1 saturated carbocycles. The normalized spacial score (nSPS) is 20.1. The fourth-order valence-corrected chi connectivity index (χ4v) is 4.30. The standard InChI is InChI=1S/C17H21Cl2N5OS/c1-10-4-2-3-5-14(10)21-15(25)9-26-17-23-22-16(24(17)20)12-7-6-11(18)8-13(12)19/h6-8,10,14H,2-5,9,20H2,1H3,(H,21,25). The Morgan fingerprint density at radius 2 is 2.12 bits per heavy atom. The van der Waals surface area contributed by atoms with E-state index in [2.05, 4.69) is 22.4 Å². The van der Waals surface area contributed by atoms with Gasteiger partial charge >= 0.3 is 0 Å². The molecule has 2 atom stereocenters. The lowest BCUT2D eigenvalue weighted by atomic mass is 9.86. The summed E-state index contributed by atoms with van der Waals surface area (Å²) in [6.45, 7) is 2.19. The van der Waals surface area contributed by atoms with E-state index in [9.17, 15) is 4.79 Å². The minimum atomic E-state index is -0.0113. The first-order valence-electron chi connectivity index (χ1n) is 8.53. The summed E-state index contributed by atoms with van der Waals surface area (Å²) in [6.07, 6.45) is 4.63. The Morgan fingerprint density at radius 3 is 2.85 bits per heavy atom. The van der Waals surface area contributed by atoms with Gasteiger partial charge in [-0.3, -0.25) is 4.79 Å². The summed E-state index contributed by atoms with van der Waals surface area (Å²) in [6, 6.07) is 5.34. The van der Waals surface area contributed by atoms with Crippen LogP contribution < -0.4 is 11.2 Å². The van der Waals surface area contributed by atoms with Crippen molar-refractivity contribution in [3.05, 3.63) is 28.2 Å². The van der Waals surface area contributed by atoms with Crippen LogP contribution in [0.25, 0.3) is 11.4 Å². The summed E-state index contributed by atoms with van der Waals surface area (Å²) in [7, 11) is 0. The van der Waals surface area contributed by atoms with Gasteiger partial charge in [-0.2, -0.15) is 0 Å². The summed E-state index contributed by atoms with van der Waals surface area (Å²) in [4.78, 5) is 12.2. The van der Waals surface area contributed by atoms with Gasteiger partial charge in [0.15, 0.2) is 5.82 Å². The van der Waals surface area contributed by atoms with Crippen LogP contribution in [-0.4, -0.2) is 32.6 Å². The molecular formula is C17H21Cl2N5OS. The third-order valence-electron chi connectivity index (χ3n) is 4.63. The van der Waals surface area contributed by atoms with Crippen LogP contribution in [0.3, 0.4) is 0 Å². The third kappa shape index (κ3) is 4.45. The molecule has 1 fully saturated rings. The number of halogens is 2. The zero-order chi connectivity index (χ0) is 18.7. The largest absolute Gasteiger partial charge is 0.352 e. The zero-order valence-corrected chi connectivity index (χ0v) is 16.7. The summed E-state index contributed by atoms with van der Waals surface area (Å²) in [5, 5.41) is 12.7. The van der Waals surface area contributed by atoms with Gasteiger partial charge < -0.3 is 11.2 Å². The second kappa shape index (κ2) is 8.50. The molecule has 0 spiro atoms. The predicted molar refractivity (Wildman–Crippen MR) is 106 cm³/mol. The van der Waals surface area contributed by atoms with Crippen LogP contribution in [0.15, 0.2) is 23.4 Å². The molecular weight excluding hydrogens is 393 g/mol. The monoisotopic (exact) mass is 413 g/mol. The number of carbonyl (C=O) groups excluding carboxylic acids is 1. The van der Waals surface area contributed by atoms with Gasteiger partial charge in [0.1, 0.15) is 0 Å². The Kier molecular flexibility index (Phi) is 6.32. The van der Waals surface area contributed by atoms with Gasteiger partial charge in [0.2, 0.25) is 11.1 Å². The smallest absolute Gasteiger partial charge is 0.230 e. The van der Waals surface area contributed by atoms with Gasteiger partial charge in [0, 0.05) is 16.6 Å². The number of carbonyl (C=O) groups is 1. The summed E-state index contributed by atoms with van der Waals surface area (Å²) in [5.74, 6) is 7.26. The van der Waals surface area contributed by atoms with Crippen molar-refractivity contribution in [2.75, 3.05) is 11.6 Å². The van der Waals surface area contributed by atoms with E-state index < -0.39 is 0 Å². The third-order valence-corrected chi connectivity index (χ3v) is 6.12. The number of nitrogens with zero attached hydrogens (tertiary/aromatic N) is 3. The van der Waals surface area contributed by atoms with Crippen LogP contribution >= 0.6 is 35.0 Å². The maximum Gasteiger partial charge on any atom is 0.230 e. The molecule has 26 heavy (non-hydrogen) atoms. The van der Waals surface area contributed by atoms with E-state index in [1.165, 1.54) is 35.7 Å². The SMILES string of the molecule is CC1CCCCC1NC(=O)CSc1nnc(-c2ccc(Cl)cc2Cl)n1N. The quantitative estimate of drug-likeness (QED) is 0.575. The molecule has 0 radical (unpaired) electrons. The van der Waals surface area contributed by atoms with E-state index in [-0.39, 0.29) is 17.7 Å². The average Bonchev–Trinajstić information content (AvgIpc) is 2.96. The van der Waals surface area contributed by atoms with E-state index >= 15 is 0 Å². The topological polar surface area (TPSA) is 85.8 Å². The van der Waals surface area contributed by atoms with Crippen molar-refractivity contribution in [1.29, 1.82) is 0 Å². The predicted octanol–water partition coefficient (Wildman–Crippen LogP) is 3.75. The van der Waals surface area contributed by atoms with Gasteiger partial charge in [-0.15, -0.1) is 10.2 Å². The number of hydrogen-bond donors (Lipinski definition) is 2. The molecule has 1 heterocycles. The molecule has 1 aliphatic rings. The Balaban J connectivity index is 1.62. The Morgan fingerprint density at radius 1 is 1.35 bits per heavy atom. The van der Waals surface area contributed by atoms with E-state index in [4.69, 9.17) is 29.0 Å². The van der Waals surface area contributed by atoms with Crippen LogP contribution in [0.5, 0.6) is 0 Å². The number of nitrogen functional groups attached to an aromatic ring is 1. The maximum atomic E-state index is 12.2. The van der Waals surface area contributed by atoms with E-state index in [1.807, 2.05) is 0 Å². The molecule has 1 aromatic heterocycles. The van der Waals surface area contributed by atoms with Gasteiger partial charge in [0.05, 0.1) is 10.8 Å². The van der Waals surface area contributed by atoms with Crippen molar-refractivity contribution in [2.24, 2.45) is 5.92 Å². The number of nitrogens with two attached hydrogens (primary N) is 1. The fraction of sp³-hybridized carbons (Fsp3) is 0.471. The van der Waals surface area contributed by atoms with Crippen LogP contribution in [0.1, 0.15) is 32.6 Å². The van der Waals surface area contributed by atoms with Gasteiger partial charge in [0.25, 0.3) is 0 Å². The van der Waals surface area contributed by atoms with Gasteiger partial charge in [-0.1, -0.05) is 54.7 Å². The first-order valence-corrected chi connectivity index (χ1v) is 10.3. The van der Waals surface area contributed by atoms with Crippen LogP contribution in [0, 0.1) is 5.92 Å². The first-order chi connectivity index (χ1) is 12.5. The minimum absolute atomic E-state index is 0.0113. The highest BCUT2D eigenvalue weighted by Crippen LogP contribution is 2.30. The lowest BCUT2D eigenvalue weighted by molar-refractivity contribution is -0.119. The molecule has 1 aliphatic carbocycles. The number of thioether (sulfide) groups is 1. The highest BCUT2D eigenvalue weighted by molar-refractivity contribution is 7.99. The van der Waals surface area contributed by atoms with Gasteiger partial charge in [-0.05, 0) is 37.0 Å². The number of benzene rings is 1. The number of aromatic nitrogens is 3. The molecule has 0 saturated heterocycles. The molecule has 0 bridgehead atoms. The van der Waals surface area contributed by atoms with Crippen LogP contribution in [0.2, 0.25) is 10.0 Å². The highest BCUT2D eigenvalue weighted by Gasteiger charge is 2.23. The van der Waals surface area contributed by atoms with Crippen molar-refractivity contribution >= 4 is 40.9 Å². The minimum Gasteiger partial charge on any atom is -0.352 e. The molecule has 3 rings (SSSR count). The second-order valence-corrected chi connectivity index (χ2v) is 8.31. The molecule has 2 aromatic rings. The first kappa shape index (κ1) is 19.3. The number of hydrogen-bond acceptors (Lipinski definition) is 5. The highest BCUT2D eigenvalue weighted by atomic mass is 35.5. The molecule has 6 nitrogen and oxygen atoms in total. The van der Waals surface area contributed by atoms with Crippen LogP contribution in [0.4, 0.5) is 0 Å². The Bertz CT molecular complexity index is 797. The molecule has 140 valence electrons. The lowest BCUT2D eigenvalue weighted by Crippen LogP contribution is -2.41. The van der Waals surface area contributed by atoms with E-state index in [0.717, 1.165) is 6.42 Å². The maximum absolute atomic E-state index is 12.2. The molecule has 0 aliphatic heterocycles. The Labute approximate surface area is 166 Å². The number of amides is 1. The van der Waals surface area contributed by atoms with E-state index in [0.29, 0.717) is 32.5 Å². The molecule has 1 amide bonds. The lowest BCUT2D eigenvalue weighted by Gasteiger charge is -2.29. The Hall–Kier alpha value is -1.44. The molecule has 1 aromatic carbocycles. The summed E-state index contributed by atoms with van der Waals surface area (Å²) in [5.41, 5.74) is 0.637. The molecule has 2 unspecified atom stereocenters. The van der Waals surface area contributed by atoms with Crippen molar-refractivity contribution < 1.29 is 4.79 Å². The van der Waals surface area contributed by atoms with E-state index in [1.54, 1.807) is 18.2 Å². The fourth-order valence-electron chi connectivity index (χ4n) is 3.14. The zero-order valence-electron chi connectivity index (χ0n) is 14.4. The molecule has 3 N–H and O–H groups in total. The van der Waals surface area contributed by atoms with Gasteiger partial charge in [-0.25, -0.2) is 4.68 Å². The van der Waals surface area contributed by atoms with Crippen molar-refractivity contribution in [3.63, 3.8) is 0 Å². The average molecular weight is 414 g/mol. The molecule has 9 heteroatoms. The van der Waals surface area contributed by atoms with Crippen molar-refractivity contribution in [2.45, 2.75) is 43.8 Å². The van der Waals surface area contributed by atoms with Crippen LogP contribution in [-0.2, 0) is 4.79 Å². The summed E-state index contributed by atoms with van der Waals surface area (Å²) < 4.78 is 1.34. The number of rotatable bonds is 5.